The van der Waals surface area contributed by atoms with Crippen molar-refractivity contribution in [1.82, 2.24) is 20.0 Å². The maximum atomic E-state index is 12.5. The van der Waals surface area contributed by atoms with E-state index in [1.807, 2.05) is 37.7 Å². The van der Waals surface area contributed by atoms with E-state index in [1.54, 1.807) is 6.26 Å². The van der Waals surface area contributed by atoms with Gasteiger partial charge in [-0.2, -0.15) is 5.10 Å². The van der Waals surface area contributed by atoms with Crippen LogP contribution in [0, 0.1) is 13.8 Å². The third-order valence-electron chi connectivity index (χ3n) is 5.19. The van der Waals surface area contributed by atoms with Crippen LogP contribution in [0.15, 0.2) is 22.8 Å². The maximum absolute atomic E-state index is 12.5. The average Bonchev–Trinajstić information content (AvgIpc) is 3.21. The van der Waals surface area contributed by atoms with Gasteiger partial charge in [-0.05, 0) is 51.9 Å². The summed E-state index contributed by atoms with van der Waals surface area (Å²) in [5, 5.41) is 7.49. The fourth-order valence-electron chi connectivity index (χ4n) is 3.63. The first-order valence-corrected chi connectivity index (χ1v) is 9.09. The number of aryl methyl sites for hydroxylation is 2. The predicted octanol–water partition coefficient (Wildman–Crippen LogP) is 2.52. The van der Waals surface area contributed by atoms with Crippen molar-refractivity contribution in [2.45, 2.75) is 45.6 Å². The van der Waals surface area contributed by atoms with Crippen molar-refractivity contribution >= 4 is 5.91 Å². The molecule has 0 aromatic carbocycles. The molecule has 1 fully saturated rings. The lowest BCUT2D eigenvalue weighted by atomic mass is 10.1. The Balaban J connectivity index is 1.63. The molecule has 0 saturated carbocycles. The molecular weight excluding hydrogens is 316 g/mol. The fraction of sp³-hybridized carbons (Fsp3) is 0.579. The van der Waals surface area contributed by atoms with Gasteiger partial charge in [-0.3, -0.25) is 14.4 Å². The molecule has 25 heavy (non-hydrogen) atoms. The normalized spacial score (nSPS) is 16.8. The highest BCUT2D eigenvalue weighted by atomic mass is 16.3. The summed E-state index contributed by atoms with van der Waals surface area (Å²) in [6.07, 6.45) is 5.78. The minimum absolute atomic E-state index is 0.0350. The van der Waals surface area contributed by atoms with Crippen molar-refractivity contribution in [3.63, 3.8) is 0 Å². The summed E-state index contributed by atoms with van der Waals surface area (Å²) in [6.45, 7) is 6.64. The number of nitrogens with zero attached hydrogens (tertiary/aromatic N) is 3. The van der Waals surface area contributed by atoms with Crippen molar-refractivity contribution in [1.29, 1.82) is 0 Å². The van der Waals surface area contributed by atoms with Crippen LogP contribution in [0.25, 0.3) is 0 Å². The monoisotopic (exact) mass is 344 g/mol. The largest absolute Gasteiger partial charge is 0.468 e. The van der Waals surface area contributed by atoms with Crippen molar-refractivity contribution in [3.05, 3.63) is 41.1 Å². The molecule has 1 atom stereocenters. The molecule has 1 N–H and O–H groups in total. The molecular formula is C19H28N4O2. The molecule has 1 amide bonds. The van der Waals surface area contributed by atoms with Crippen LogP contribution in [0.4, 0.5) is 0 Å². The number of hydrogen-bond donors (Lipinski definition) is 1. The van der Waals surface area contributed by atoms with Gasteiger partial charge in [0.1, 0.15) is 5.76 Å². The van der Waals surface area contributed by atoms with E-state index in [1.165, 1.54) is 19.3 Å². The molecule has 136 valence electrons. The molecule has 0 aliphatic carbocycles. The molecule has 2 aromatic heterocycles. The van der Waals surface area contributed by atoms with Crippen LogP contribution < -0.4 is 5.32 Å². The van der Waals surface area contributed by atoms with Crippen LogP contribution in [-0.4, -0.2) is 40.2 Å². The van der Waals surface area contributed by atoms with Crippen LogP contribution in [-0.2, 0) is 18.3 Å². The Hall–Kier alpha value is -2.08. The van der Waals surface area contributed by atoms with Gasteiger partial charge in [-0.1, -0.05) is 6.42 Å². The van der Waals surface area contributed by atoms with E-state index in [9.17, 15) is 4.79 Å². The van der Waals surface area contributed by atoms with E-state index in [-0.39, 0.29) is 11.9 Å². The third-order valence-corrected chi connectivity index (χ3v) is 5.19. The standard InChI is InChI=1S/C19H28N4O2/c1-14-16(15(2)22(3)21-14)12-19(24)20-13-17(18-8-7-11-25-18)23-9-5-4-6-10-23/h7-8,11,17H,4-6,9-10,12-13H2,1-3H3,(H,20,24)/t17-/m0/s1. The van der Waals surface area contributed by atoms with Crippen molar-refractivity contribution in [2.75, 3.05) is 19.6 Å². The lowest BCUT2D eigenvalue weighted by Crippen LogP contribution is -2.40. The van der Waals surface area contributed by atoms with E-state index >= 15 is 0 Å². The van der Waals surface area contributed by atoms with E-state index in [2.05, 4.69) is 15.3 Å². The third kappa shape index (κ3) is 4.12. The zero-order chi connectivity index (χ0) is 17.8. The summed E-state index contributed by atoms with van der Waals surface area (Å²) in [4.78, 5) is 14.9. The second-order valence-corrected chi connectivity index (χ2v) is 6.88. The topological polar surface area (TPSA) is 63.3 Å². The van der Waals surface area contributed by atoms with E-state index in [0.717, 1.165) is 35.8 Å². The summed E-state index contributed by atoms with van der Waals surface area (Å²) in [5.41, 5.74) is 2.99. The fourth-order valence-corrected chi connectivity index (χ4v) is 3.63. The number of piperidine rings is 1. The number of nitrogens with one attached hydrogen (secondary N) is 1. The number of carbonyl (C=O) groups excluding carboxylic acids is 1. The second-order valence-electron chi connectivity index (χ2n) is 6.88. The predicted molar refractivity (Wildman–Crippen MR) is 96.3 cm³/mol. The summed E-state index contributed by atoms with van der Waals surface area (Å²) in [6, 6.07) is 4.02. The van der Waals surface area contributed by atoms with Crippen LogP contribution in [0.2, 0.25) is 0 Å². The highest BCUT2D eigenvalue weighted by molar-refractivity contribution is 5.79. The number of amides is 1. The van der Waals surface area contributed by atoms with E-state index < -0.39 is 0 Å². The zero-order valence-corrected chi connectivity index (χ0v) is 15.4. The second kappa shape index (κ2) is 7.87. The number of aromatic nitrogens is 2. The molecule has 0 spiro atoms. The van der Waals surface area contributed by atoms with E-state index in [4.69, 9.17) is 4.42 Å². The Morgan fingerprint density at radius 1 is 1.32 bits per heavy atom. The van der Waals surface area contributed by atoms with Crippen LogP contribution >= 0.6 is 0 Å². The van der Waals surface area contributed by atoms with Crippen molar-refractivity contribution < 1.29 is 9.21 Å². The van der Waals surface area contributed by atoms with Gasteiger partial charge in [-0.15, -0.1) is 0 Å². The number of carbonyl (C=O) groups is 1. The van der Waals surface area contributed by atoms with Crippen molar-refractivity contribution in [2.24, 2.45) is 7.05 Å². The SMILES string of the molecule is Cc1nn(C)c(C)c1CC(=O)NC[C@@H](c1ccco1)N1CCCCC1. The summed E-state index contributed by atoms with van der Waals surface area (Å²) < 4.78 is 7.47. The molecule has 3 heterocycles. The molecule has 6 nitrogen and oxygen atoms in total. The first-order valence-electron chi connectivity index (χ1n) is 9.09. The summed E-state index contributed by atoms with van der Waals surface area (Å²) >= 11 is 0. The van der Waals surface area contributed by atoms with Crippen LogP contribution in [0.5, 0.6) is 0 Å². The lowest BCUT2D eigenvalue weighted by molar-refractivity contribution is -0.120. The highest BCUT2D eigenvalue weighted by Gasteiger charge is 2.25. The Kier molecular flexibility index (Phi) is 5.58. The molecule has 1 saturated heterocycles. The van der Waals surface area contributed by atoms with E-state index in [0.29, 0.717) is 13.0 Å². The van der Waals surface area contributed by atoms with Gasteiger partial charge in [0.05, 0.1) is 24.4 Å². The molecule has 2 aromatic rings. The molecule has 1 aliphatic rings. The quantitative estimate of drug-likeness (QED) is 0.875. The maximum Gasteiger partial charge on any atom is 0.224 e. The number of likely N-dealkylation sites (tertiary alicyclic amines) is 1. The molecule has 0 bridgehead atoms. The molecule has 0 unspecified atom stereocenters. The molecule has 1 aliphatic heterocycles. The smallest absolute Gasteiger partial charge is 0.224 e. The van der Waals surface area contributed by atoms with Gasteiger partial charge < -0.3 is 9.73 Å². The Morgan fingerprint density at radius 2 is 2.08 bits per heavy atom. The molecule has 3 rings (SSSR count). The zero-order valence-electron chi connectivity index (χ0n) is 15.4. The van der Waals surface area contributed by atoms with Crippen molar-refractivity contribution in [3.8, 4) is 0 Å². The summed E-state index contributed by atoms with van der Waals surface area (Å²) in [7, 11) is 1.91. The minimum Gasteiger partial charge on any atom is -0.468 e. The minimum atomic E-state index is 0.0350. The Morgan fingerprint density at radius 3 is 2.68 bits per heavy atom. The molecule has 0 radical (unpaired) electrons. The van der Waals surface area contributed by atoms with Crippen LogP contribution in [0.1, 0.15) is 48.0 Å². The highest BCUT2D eigenvalue weighted by Crippen LogP contribution is 2.24. The van der Waals surface area contributed by atoms with Gasteiger partial charge in [0.2, 0.25) is 5.91 Å². The van der Waals surface area contributed by atoms with Gasteiger partial charge in [0, 0.05) is 24.8 Å². The first kappa shape index (κ1) is 17.7. The number of rotatable bonds is 6. The Bertz CT molecular complexity index is 699. The van der Waals surface area contributed by atoms with Gasteiger partial charge in [0.25, 0.3) is 0 Å². The number of furan rings is 1. The Labute approximate surface area is 149 Å². The number of hydrogen-bond acceptors (Lipinski definition) is 4. The van der Waals surface area contributed by atoms with Gasteiger partial charge in [0.15, 0.2) is 0 Å². The average molecular weight is 344 g/mol. The molecule has 6 heteroatoms. The van der Waals surface area contributed by atoms with Crippen LogP contribution in [0.3, 0.4) is 0 Å². The summed E-state index contributed by atoms with van der Waals surface area (Å²) in [5.74, 6) is 0.962. The van der Waals surface area contributed by atoms with Gasteiger partial charge >= 0.3 is 0 Å². The first-order chi connectivity index (χ1) is 12.1. The van der Waals surface area contributed by atoms with Gasteiger partial charge in [-0.25, -0.2) is 0 Å². The lowest BCUT2D eigenvalue weighted by Gasteiger charge is -2.33.